The molecule has 6 nitrogen and oxygen atoms in total. The first-order valence-corrected chi connectivity index (χ1v) is 14.1. The lowest BCUT2D eigenvalue weighted by Crippen LogP contribution is -2.33. The van der Waals surface area contributed by atoms with E-state index >= 15 is 0 Å². The Kier molecular flexibility index (Phi) is 7.80. The molecule has 0 N–H and O–H groups in total. The van der Waals surface area contributed by atoms with E-state index in [0.717, 1.165) is 53.3 Å². The zero-order chi connectivity index (χ0) is 26.7. The van der Waals surface area contributed by atoms with Gasteiger partial charge in [0, 0.05) is 35.2 Å². The molecular weight excluding hydrogens is 472 g/mol. The van der Waals surface area contributed by atoms with Crippen LogP contribution >= 0.6 is 0 Å². The number of hydrogen-bond donors (Lipinski definition) is 0. The predicted molar refractivity (Wildman–Crippen MR) is 153 cm³/mol. The zero-order valence-electron chi connectivity index (χ0n) is 23.2. The summed E-state index contributed by atoms with van der Waals surface area (Å²) in [4.78, 5) is 25.4. The standard InChI is InChI=1S/C32H40N4O2/c1-5-6-9-20-35(28-16-10-12-23-13-11-18-34-30(23)28)21-26-31-25(17-19-33-26)24-14-7-8-15-27(24)36(31)22-29(37)38-32(2,3)4/h7-8,11,13-15,17-19,28H,5-6,9-10,12,16,20-22H2,1-4H3/t28-/m0/s1. The van der Waals surface area contributed by atoms with Crippen LogP contribution in [0.15, 0.2) is 54.9 Å². The second-order valence-electron chi connectivity index (χ2n) is 11.5. The Morgan fingerprint density at radius 1 is 1.05 bits per heavy atom. The van der Waals surface area contributed by atoms with Gasteiger partial charge in [-0.25, -0.2) is 0 Å². The summed E-state index contributed by atoms with van der Waals surface area (Å²) >= 11 is 0. The van der Waals surface area contributed by atoms with Crippen LogP contribution in [0.2, 0.25) is 0 Å². The molecule has 38 heavy (non-hydrogen) atoms. The van der Waals surface area contributed by atoms with E-state index in [2.05, 4.69) is 52.8 Å². The van der Waals surface area contributed by atoms with E-state index in [1.165, 1.54) is 30.5 Å². The Hall–Kier alpha value is -3.25. The van der Waals surface area contributed by atoms with Gasteiger partial charge >= 0.3 is 5.97 Å². The third kappa shape index (κ3) is 5.60. The molecule has 0 fully saturated rings. The van der Waals surface area contributed by atoms with Crippen LogP contribution in [0.3, 0.4) is 0 Å². The van der Waals surface area contributed by atoms with E-state index in [-0.39, 0.29) is 18.6 Å². The predicted octanol–water partition coefficient (Wildman–Crippen LogP) is 7.00. The third-order valence-electron chi connectivity index (χ3n) is 7.47. The molecule has 200 valence electrons. The van der Waals surface area contributed by atoms with E-state index in [0.29, 0.717) is 6.54 Å². The molecule has 4 aromatic rings. The molecule has 1 aliphatic carbocycles. The Morgan fingerprint density at radius 2 is 1.89 bits per heavy atom. The molecule has 0 spiro atoms. The fourth-order valence-corrected chi connectivity index (χ4v) is 5.90. The largest absolute Gasteiger partial charge is 0.459 e. The average Bonchev–Trinajstić information content (AvgIpc) is 3.21. The van der Waals surface area contributed by atoms with E-state index < -0.39 is 5.60 Å². The summed E-state index contributed by atoms with van der Waals surface area (Å²) in [7, 11) is 0. The second-order valence-corrected chi connectivity index (χ2v) is 11.5. The lowest BCUT2D eigenvalue weighted by Gasteiger charge is -2.35. The van der Waals surface area contributed by atoms with Crippen molar-refractivity contribution in [1.82, 2.24) is 19.4 Å². The van der Waals surface area contributed by atoms with Crippen LogP contribution in [0.1, 0.15) is 82.8 Å². The van der Waals surface area contributed by atoms with E-state index in [4.69, 9.17) is 14.7 Å². The van der Waals surface area contributed by atoms with Crippen molar-refractivity contribution in [3.8, 4) is 0 Å². The van der Waals surface area contributed by atoms with Gasteiger partial charge in [0.2, 0.25) is 0 Å². The fraction of sp³-hybridized carbons (Fsp3) is 0.469. The van der Waals surface area contributed by atoms with Crippen LogP contribution in [0.5, 0.6) is 0 Å². The minimum absolute atomic E-state index is 0.156. The van der Waals surface area contributed by atoms with Crippen molar-refractivity contribution in [2.75, 3.05) is 6.54 Å². The maximum absolute atomic E-state index is 13.0. The summed E-state index contributed by atoms with van der Waals surface area (Å²) in [6.45, 7) is 9.85. The van der Waals surface area contributed by atoms with Crippen LogP contribution in [-0.2, 0) is 29.0 Å². The highest BCUT2D eigenvalue weighted by Gasteiger charge is 2.29. The number of pyridine rings is 2. The van der Waals surface area contributed by atoms with Gasteiger partial charge < -0.3 is 9.30 Å². The molecule has 0 saturated carbocycles. The third-order valence-corrected chi connectivity index (χ3v) is 7.47. The second kappa shape index (κ2) is 11.2. The molecular formula is C32H40N4O2. The molecule has 0 aliphatic heterocycles. The maximum atomic E-state index is 13.0. The van der Waals surface area contributed by atoms with Gasteiger partial charge in [0.25, 0.3) is 0 Å². The summed E-state index contributed by atoms with van der Waals surface area (Å²) in [5, 5.41) is 2.27. The lowest BCUT2D eigenvalue weighted by atomic mass is 9.90. The minimum Gasteiger partial charge on any atom is -0.459 e. The SMILES string of the molecule is CCCCCN(Cc1nccc2c3ccccc3n(CC(=O)OC(C)(C)C)c12)[C@H]1CCCc2cccnc21. The molecule has 6 heteroatoms. The van der Waals surface area contributed by atoms with Crippen LogP contribution in [-0.4, -0.2) is 37.6 Å². The number of para-hydroxylation sites is 1. The highest BCUT2D eigenvalue weighted by molar-refractivity contribution is 6.09. The number of esters is 1. The van der Waals surface area contributed by atoms with Gasteiger partial charge in [-0.15, -0.1) is 0 Å². The van der Waals surface area contributed by atoms with Crippen molar-refractivity contribution < 1.29 is 9.53 Å². The molecule has 1 aromatic carbocycles. The van der Waals surface area contributed by atoms with Crippen LogP contribution in [0, 0.1) is 0 Å². The fourth-order valence-electron chi connectivity index (χ4n) is 5.90. The normalized spacial score (nSPS) is 15.8. The van der Waals surface area contributed by atoms with Gasteiger partial charge in [0.15, 0.2) is 0 Å². The number of carbonyl (C=O) groups is 1. The molecule has 0 radical (unpaired) electrons. The number of ether oxygens (including phenoxy) is 1. The smallest absolute Gasteiger partial charge is 0.326 e. The van der Waals surface area contributed by atoms with Gasteiger partial charge in [0.1, 0.15) is 12.1 Å². The Balaban J connectivity index is 1.57. The minimum atomic E-state index is -0.533. The first kappa shape index (κ1) is 26.4. The summed E-state index contributed by atoms with van der Waals surface area (Å²) in [5.74, 6) is -0.236. The molecule has 1 atom stereocenters. The number of rotatable bonds is 9. The summed E-state index contributed by atoms with van der Waals surface area (Å²) < 4.78 is 7.84. The van der Waals surface area contributed by atoms with Gasteiger partial charge in [-0.1, -0.05) is 44.0 Å². The molecule has 0 unspecified atom stereocenters. The van der Waals surface area contributed by atoms with Crippen LogP contribution in [0.25, 0.3) is 21.8 Å². The lowest BCUT2D eigenvalue weighted by molar-refractivity contribution is -0.155. The number of carbonyl (C=O) groups excluding carboxylic acids is 1. The number of benzene rings is 1. The summed E-state index contributed by atoms with van der Waals surface area (Å²) in [5.41, 5.74) is 5.11. The first-order chi connectivity index (χ1) is 18.4. The first-order valence-electron chi connectivity index (χ1n) is 14.1. The van der Waals surface area contributed by atoms with Crippen molar-refractivity contribution in [2.45, 2.75) is 91.0 Å². The molecule has 5 rings (SSSR count). The molecule has 1 aliphatic rings. The topological polar surface area (TPSA) is 60.2 Å². The number of hydrogen-bond acceptors (Lipinski definition) is 5. The Morgan fingerprint density at radius 3 is 2.71 bits per heavy atom. The molecule has 3 heterocycles. The van der Waals surface area contributed by atoms with Gasteiger partial charge in [-0.3, -0.25) is 19.7 Å². The monoisotopic (exact) mass is 512 g/mol. The maximum Gasteiger partial charge on any atom is 0.326 e. The number of nitrogens with zero attached hydrogens (tertiary/aromatic N) is 4. The van der Waals surface area contributed by atoms with Gasteiger partial charge in [-0.05, 0) is 76.8 Å². The van der Waals surface area contributed by atoms with Gasteiger partial charge in [0.05, 0.1) is 22.9 Å². The van der Waals surface area contributed by atoms with Crippen LogP contribution in [0.4, 0.5) is 0 Å². The number of unbranched alkanes of at least 4 members (excludes halogenated alkanes) is 2. The van der Waals surface area contributed by atoms with Crippen LogP contribution < -0.4 is 0 Å². The van der Waals surface area contributed by atoms with E-state index in [9.17, 15) is 4.79 Å². The average molecular weight is 513 g/mol. The molecule has 0 amide bonds. The van der Waals surface area contributed by atoms with E-state index in [1.807, 2.05) is 39.2 Å². The van der Waals surface area contributed by atoms with Crippen molar-refractivity contribution in [1.29, 1.82) is 0 Å². The van der Waals surface area contributed by atoms with Crippen molar-refractivity contribution in [2.24, 2.45) is 0 Å². The molecule has 0 bridgehead atoms. The Bertz CT molecular complexity index is 1420. The number of fused-ring (bicyclic) bond motifs is 4. The highest BCUT2D eigenvalue weighted by atomic mass is 16.6. The van der Waals surface area contributed by atoms with Crippen molar-refractivity contribution in [3.63, 3.8) is 0 Å². The van der Waals surface area contributed by atoms with Crippen molar-refractivity contribution >= 4 is 27.8 Å². The summed E-state index contributed by atoms with van der Waals surface area (Å²) in [6, 6.07) is 14.9. The number of aryl methyl sites for hydroxylation is 1. The zero-order valence-corrected chi connectivity index (χ0v) is 23.2. The molecule has 3 aromatic heterocycles. The number of aromatic nitrogens is 3. The van der Waals surface area contributed by atoms with Crippen molar-refractivity contribution in [3.05, 3.63) is 71.8 Å². The van der Waals surface area contributed by atoms with Gasteiger partial charge in [-0.2, -0.15) is 0 Å². The quantitative estimate of drug-likeness (QED) is 0.179. The molecule has 0 saturated heterocycles. The highest BCUT2D eigenvalue weighted by Crippen LogP contribution is 2.36. The van der Waals surface area contributed by atoms with E-state index in [1.54, 1.807) is 0 Å². The Labute approximate surface area is 226 Å². The summed E-state index contributed by atoms with van der Waals surface area (Å²) in [6.07, 6.45) is 10.8.